The minimum absolute atomic E-state index is 0.399. The third-order valence-corrected chi connectivity index (χ3v) is 5.33. The zero-order valence-corrected chi connectivity index (χ0v) is 11.8. The van der Waals surface area contributed by atoms with E-state index in [9.17, 15) is 8.42 Å². The maximum absolute atomic E-state index is 12.2. The van der Waals surface area contributed by atoms with Crippen LogP contribution in [0.15, 0.2) is 29.2 Å². The van der Waals surface area contributed by atoms with Gasteiger partial charge >= 0.3 is 0 Å². The van der Waals surface area contributed by atoms with E-state index in [0.717, 1.165) is 24.3 Å². The Balaban J connectivity index is 2.02. The summed E-state index contributed by atoms with van der Waals surface area (Å²) >= 11 is 0. The molecule has 1 aromatic rings. The van der Waals surface area contributed by atoms with Gasteiger partial charge in [0.25, 0.3) is 0 Å². The first-order valence-corrected chi connectivity index (χ1v) is 8.02. The maximum Gasteiger partial charge on any atom is 0.240 e. The Morgan fingerprint density at radius 3 is 2.61 bits per heavy atom. The molecule has 4 heteroatoms. The lowest BCUT2D eigenvalue weighted by atomic mass is 10.1. The lowest BCUT2D eigenvalue weighted by Gasteiger charge is -2.13. The van der Waals surface area contributed by atoms with Crippen molar-refractivity contribution in [3.8, 4) is 0 Å². The molecular formula is C14H21NO2S. The molecular weight excluding hydrogens is 246 g/mol. The van der Waals surface area contributed by atoms with E-state index in [0.29, 0.717) is 17.4 Å². The van der Waals surface area contributed by atoms with Gasteiger partial charge in [-0.3, -0.25) is 0 Å². The van der Waals surface area contributed by atoms with E-state index in [1.165, 1.54) is 6.42 Å². The van der Waals surface area contributed by atoms with E-state index in [1.807, 2.05) is 19.1 Å². The van der Waals surface area contributed by atoms with Crippen molar-refractivity contribution in [2.45, 2.75) is 38.0 Å². The number of benzene rings is 1. The van der Waals surface area contributed by atoms with Crippen molar-refractivity contribution in [2.24, 2.45) is 11.8 Å². The molecule has 0 bridgehead atoms. The summed E-state index contributed by atoms with van der Waals surface area (Å²) in [4.78, 5) is 0.399. The molecule has 1 fully saturated rings. The van der Waals surface area contributed by atoms with E-state index in [2.05, 4.69) is 11.6 Å². The normalized spacial score (nSPS) is 24.3. The average molecular weight is 267 g/mol. The summed E-state index contributed by atoms with van der Waals surface area (Å²) in [5.74, 6) is 1.23. The maximum atomic E-state index is 12.2. The summed E-state index contributed by atoms with van der Waals surface area (Å²) in [5, 5.41) is 0. The Kier molecular flexibility index (Phi) is 4.07. The molecule has 0 amide bonds. The van der Waals surface area contributed by atoms with E-state index in [4.69, 9.17) is 0 Å². The van der Waals surface area contributed by atoms with Crippen LogP contribution >= 0.6 is 0 Å². The Morgan fingerprint density at radius 1 is 1.28 bits per heavy atom. The standard InChI is InChI=1S/C14H21NO2S/c1-11-7-8-13(9-11)10-15-18(16,17)14-6-4-3-5-12(14)2/h3-6,11,13,15H,7-10H2,1-2H3. The number of nitrogens with one attached hydrogen (secondary N) is 1. The highest BCUT2D eigenvalue weighted by Gasteiger charge is 2.24. The molecule has 1 aromatic carbocycles. The van der Waals surface area contributed by atoms with E-state index >= 15 is 0 Å². The van der Waals surface area contributed by atoms with Crippen molar-refractivity contribution >= 4 is 10.0 Å². The van der Waals surface area contributed by atoms with E-state index in [1.54, 1.807) is 12.1 Å². The van der Waals surface area contributed by atoms with Crippen LogP contribution in [0, 0.1) is 18.8 Å². The molecule has 18 heavy (non-hydrogen) atoms. The first kappa shape index (κ1) is 13.6. The number of sulfonamides is 1. The molecule has 2 atom stereocenters. The quantitative estimate of drug-likeness (QED) is 0.911. The van der Waals surface area contributed by atoms with Crippen molar-refractivity contribution in [1.29, 1.82) is 0 Å². The van der Waals surface area contributed by atoms with Gasteiger partial charge in [-0.25, -0.2) is 13.1 Å². The molecule has 2 unspecified atom stereocenters. The number of aryl methyl sites for hydroxylation is 1. The average Bonchev–Trinajstić information content (AvgIpc) is 2.73. The monoisotopic (exact) mass is 267 g/mol. The fourth-order valence-electron chi connectivity index (χ4n) is 2.67. The second-order valence-corrected chi connectivity index (χ2v) is 7.14. The van der Waals surface area contributed by atoms with Gasteiger partial charge in [-0.1, -0.05) is 31.5 Å². The van der Waals surface area contributed by atoms with Crippen molar-refractivity contribution in [1.82, 2.24) is 4.72 Å². The predicted molar refractivity (Wildman–Crippen MR) is 72.9 cm³/mol. The van der Waals surface area contributed by atoms with Gasteiger partial charge in [0.15, 0.2) is 0 Å². The minimum atomic E-state index is -3.35. The molecule has 0 aromatic heterocycles. The molecule has 0 saturated heterocycles. The first-order valence-electron chi connectivity index (χ1n) is 6.54. The van der Waals surface area contributed by atoms with Gasteiger partial charge in [0.05, 0.1) is 4.90 Å². The largest absolute Gasteiger partial charge is 0.240 e. The van der Waals surface area contributed by atoms with E-state index < -0.39 is 10.0 Å². The summed E-state index contributed by atoms with van der Waals surface area (Å²) in [6.45, 7) is 4.63. The summed E-state index contributed by atoms with van der Waals surface area (Å²) in [6, 6.07) is 7.10. The van der Waals surface area contributed by atoms with Crippen molar-refractivity contribution in [3.05, 3.63) is 29.8 Å². The molecule has 1 N–H and O–H groups in total. The number of hydrogen-bond acceptors (Lipinski definition) is 2. The van der Waals surface area contributed by atoms with Crippen LogP contribution in [-0.4, -0.2) is 15.0 Å². The zero-order valence-electron chi connectivity index (χ0n) is 11.0. The van der Waals surface area contributed by atoms with Gasteiger partial charge in [0, 0.05) is 6.54 Å². The first-order chi connectivity index (χ1) is 8.49. The molecule has 2 rings (SSSR count). The fourth-order valence-corrected chi connectivity index (χ4v) is 4.03. The molecule has 100 valence electrons. The third kappa shape index (κ3) is 3.12. The molecule has 0 spiro atoms. The number of hydrogen-bond donors (Lipinski definition) is 1. The fraction of sp³-hybridized carbons (Fsp3) is 0.571. The van der Waals surface area contributed by atoms with Crippen LogP contribution in [0.25, 0.3) is 0 Å². The predicted octanol–water partition coefficient (Wildman–Crippen LogP) is 2.71. The summed E-state index contributed by atoms with van der Waals surface area (Å²) in [7, 11) is -3.35. The molecule has 0 radical (unpaired) electrons. The molecule has 3 nitrogen and oxygen atoms in total. The topological polar surface area (TPSA) is 46.2 Å². The summed E-state index contributed by atoms with van der Waals surface area (Å²) in [6.07, 6.45) is 3.49. The van der Waals surface area contributed by atoms with Crippen LogP contribution in [-0.2, 0) is 10.0 Å². The Labute approximate surface area is 110 Å². The van der Waals surface area contributed by atoms with Crippen LogP contribution < -0.4 is 4.72 Å². The van der Waals surface area contributed by atoms with Crippen molar-refractivity contribution < 1.29 is 8.42 Å². The SMILES string of the molecule is Cc1ccccc1S(=O)(=O)NCC1CCC(C)C1. The van der Waals surface area contributed by atoms with Crippen LogP contribution in [0.1, 0.15) is 31.7 Å². The molecule has 1 aliphatic carbocycles. The Hall–Kier alpha value is -0.870. The van der Waals surface area contributed by atoms with E-state index in [-0.39, 0.29) is 0 Å². The molecule has 0 heterocycles. The highest BCUT2D eigenvalue weighted by atomic mass is 32.2. The summed E-state index contributed by atoms with van der Waals surface area (Å²) in [5.41, 5.74) is 0.796. The molecule has 0 aliphatic heterocycles. The smallest absolute Gasteiger partial charge is 0.211 e. The van der Waals surface area contributed by atoms with Gasteiger partial charge in [-0.15, -0.1) is 0 Å². The lowest BCUT2D eigenvalue weighted by Crippen LogP contribution is -2.29. The lowest BCUT2D eigenvalue weighted by molar-refractivity contribution is 0.498. The van der Waals surface area contributed by atoms with Crippen LogP contribution in [0.4, 0.5) is 0 Å². The van der Waals surface area contributed by atoms with Crippen LogP contribution in [0.5, 0.6) is 0 Å². The van der Waals surface area contributed by atoms with Gasteiger partial charge in [0.1, 0.15) is 0 Å². The Bertz CT molecular complexity index is 510. The molecule has 1 aliphatic rings. The van der Waals surface area contributed by atoms with Gasteiger partial charge in [0.2, 0.25) is 10.0 Å². The minimum Gasteiger partial charge on any atom is -0.211 e. The van der Waals surface area contributed by atoms with Crippen molar-refractivity contribution in [2.75, 3.05) is 6.54 Å². The third-order valence-electron chi connectivity index (χ3n) is 3.75. The second kappa shape index (κ2) is 5.41. The zero-order chi connectivity index (χ0) is 13.2. The highest BCUT2D eigenvalue weighted by Crippen LogP contribution is 2.30. The van der Waals surface area contributed by atoms with Crippen molar-refractivity contribution in [3.63, 3.8) is 0 Å². The van der Waals surface area contributed by atoms with Gasteiger partial charge < -0.3 is 0 Å². The van der Waals surface area contributed by atoms with Crippen LogP contribution in [0.3, 0.4) is 0 Å². The highest BCUT2D eigenvalue weighted by molar-refractivity contribution is 7.89. The second-order valence-electron chi connectivity index (χ2n) is 5.40. The Morgan fingerprint density at radius 2 is 2.00 bits per heavy atom. The van der Waals surface area contributed by atoms with Gasteiger partial charge in [-0.05, 0) is 43.2 Å². The summed E-state index contributed by atoms with van der Waals surface area (Å²) < 4.78 is 27.1. The number of rotatable bonds is 4. The van der Waals surface area contributed by atoms with Crippen LogP contribution in [0.2, 0.25) is 0 Å². The van der Waals surface area contributed by atoms with Gasteiger partial charge in [-0.2, -0.15) is 0 Å². The molecule has 1 saturated carbocycles.